The summed E-state index contributed by atoms with van der Waals surface area (Å²) in [7, 11) is 0. The fourth-order valence-corrected chi connectivity index (χ4v) is 1.74. The zero-order valence-corrected chi connectivity index (χ0v) is 9.58. The summed E-state index contributed by atoms with van der Waals surface area (Å²) in [6, 6.07) is 3.43. The van der Waals surface area contributed by atoms with E-state index in [1.165, 1.54) is 6.20 Å². The molecule has 0 amide bonds. The smallest absolute Gasteiger partial charge is 0.338 e. The summed E-state index contributed by atoms with van der Waals surface area (Å²) in [5.74, 6) is -1.11. The van der Waals surface area contributed by atoms with Gasteiger partial charge in [0.25, 0.3) is 0 Å². The van der Waals surface area contributed by atoms with Crippen LogP contribution in [0.4, 0.5) is 0 Å². The van der Waals surface area contributed by atoms with Gasteiger partial charge in [0.05, 0.1) is 16.1 Å². The van der Waals surface area contributed by atoms with E-state index in [1.54, 1.807) is 12.1 Å². The average molecular weight is 288 g/mol. The molecule has 15 heavy (non-hydrogen) atoms. The summed E-state index contributed by atoms with van der Waals surface area (Å²) in [4.78, 5) is 18.8. The van der Waals surface area contributed by atoms with Crippen LogP contribution < -0.4 is 0 Å². The van der Waals surface area contributed by atoms with Gasteiger partial charge in [-0.2, -0.15) is 0 Å². The van der Waals surface area contributed by atoms with E-state index in [1.807, 2.05) is 0 Å². The minimum atomic E-state index is -1.11. The Kier molecular flexibility index (Phi) is 2.58. The number of carbonyl (C=O) groups is 1. The molecule has 0 saturated carbocycles. The zero-order chi connectivity index (χ0) is 11.0. The Labute approximate surface area is 98.0 Å². The van der Waals surface area contributed by atoms with Crippen molar-refractivity contribution in [3.63, 3.8) is 0 Å². The van der Waals surface area contributed by atoms with E-state index < -0.39 is 5.97 Å². The molecule has 0 radical (unpaired) electrons. The van der Waals surface area contributed by atoms with Crippen molar-refractivity contribution in [2.24, 2.45) is 0 Å². The number of halogens is 2. The molecule has 2 aromatic rings. The molecule has 0 spiro atoms. The number of carboxylic acids is 1. The Morgan fingerprint density at radius 1 is 1.47 bits per heavy atom. The number of aromatic carboxylic acids is 1. The van der Waals surface area contributed by atoms with E-state index in [9.17, 15) is 4.79 Å². The van der Waals surface area contributed by atoms with Crippen LogP contribution in [0.15, 0.2) is 22.9 Å². The van der Waals surface area contributed by atoms with Crippen molar-refractivity contribution in [3.8, 4) is 0 Å². The van der Waals surface area contributed by atoms with E-state index >= 15 is 0 Å². The molecule has 1 N–H and O–H groups in total. The monoisotopic (exact) mass is 286 g/mol. The largest absolute Gasteiger partial charge is 0.478 e. The Bertz CT molecular complexity index is 559. The third-order valence-corrected chi connectivity index (χ3v) is 2.67. The molecule has 0 aromatic carbocycles. The first-order valence-electron chi connectivity index (χ1n) is 3.93. The predicted molar refractivity (Wildman–Crippen MR) is 59.2 cm³/mol. The second-order valence-electron chi connectivity index (χ2n) is 2.79. The van der Waals surface area contributed by atoms with Crippen LogP contribution >= 0.6 is 27.5 Å². The lowest BCUT2D eigenvalue weighted by atomic mass is 10.2. The van der Waals surface area contributed by atoms with Gasteiger partial charge in [-0.05, 0) is 28.1 Å². The molecule has 0 aliphatic carbocycles. The summed E-state index contributed by atoms with van der Waals surface area (Å²) in [6.07, 6.45) is 1.22. The number of fused-ring (bicyclic) bond motifs is 1. The predicted octanol–water partition coefficient (Wildman–Crippen LogP) is 2.74. The maximum absolute atomic E-state index is 10.8. The van der Waals surface area contributed by atoms with E-state index in [0.29, 0.717) is 15.6 Å². The number of pyridine rings is 2. The summed E-state index contributed by atoms with van der Waals surface area (Å²) >= 11 is 9.09. The standard InChI is InChI=1S/C9H4BrClN2O2/c10-6-2-1-5-8(13-6)7(11)4(3-12-5)9(14)15/h1-3H,(H,14,15). The highest BCUT2D eigenvalue weighted by molar-refractivity contribution is 9.10. The lowest BCUT2D eigenvalue weighted by Crippen LogP contribution is -2.00. The summed E-state index contributed by atoms with van der Waals surface area (Å²) in [6.45, 7) is 0. The van der Waals surface area contributed by atoms with Gasteiger partial charge < -0.3 is 5.11 Å². The van der Waals surface area contributed by atoms with Crippen molar-refractivity contribution in [3.05, 3.63) is 33.5 Å². The van der Waals surface area contributed by atoms with E-state index in [-0.39, 0.29) is 10.6 Å². The van der Waals surface area contributed by atoms with Gasteiger partial charge in [-0.25, -0.2) is 9.78 Å². The lowest BCUT2D eigenvalue weighted by molar-refractivity contribution is 0.0697. The van der Waals surface area contributed by atoms with Crippen molar-refractivity contribution >= 4 is 44.5 Å². The highest BCUT2D eigenvalue weighted by Gasteiger charge is 2.13. The lowest BCUT2D eigenvalue weighted by Gasteiger charge is -2.02. The molecule has 2 heterocycles. The highest BCUT2D eigenvalue weighted by atomic mass is 79.9. The fourth-order valence-electron chi connectivity index (χ4n) is 1.16. The summed E-state index contributed by atoms with van der Waals surface area (Å²) in [5.41, 5.74) is 0.897. The summed E-state index contributed by atoms with van der Waals surface area (Å²) in [5, 5.41) is 8.94. The SMILES string of the molecule is O=C(O)c1cnc2ccc(Br)nc2c1Cl. The second-order valence-corrected chi connectivity index (χ2v) is 3.98. The Hall–Kier alpha value is -1.20. The van der Waals surface area contributed by atoms with Gasteiger partial charge >= 0.3 is 5.97 Å². The first kappa shape index (κ1) is 10.3. The highest BCUT2D eigenvalue weighted by Crippen LogP contribution is 2.25. The maximum atomic E-state index is 10.8. The van der Waals surface area contributed by atoms with Gasteiger partial charge in [-0.15, -0.1) is 0 Å². The van der Waals surface area contributed by atoms with Crippen LogP contribution in [0.1, 0.15) is 10.4 Å². The molecular formula is C9H4BrClN2O2. The van der Waals surface area contributed by atoms with Gasteiger partial charge in [0.15, 0.2) is 0 Å². The molecule has 0 aliphatic heterocycles. The number of hydrogen-bond acceptors (Lipinski definition) is 3. The maximum Gasteiger partial charge on any atom is 0.338 e. The molecule has 2 rings (SSSR count). The van der Waals surface area contributed by atoms with Crippen molar-refractivity contribution in [2.75, 3.05) is 0 Å². The first-order chi connectivity index (χ1) is 7.09. The van der Waals surface area contributed by atoms with Crippen molar-refractivity contribution < 1.29 is 9.90 Å². The molecule has 2 aromatic heterocycles. The number of hydrogen-bond donors (Lipinski definition) is 1. The topological polar surface area (TPSA) is 63.1 Å². The zero-order valence-electron chi connectivity index (χ0n) is 7.24. The molecule has 0 atom stereocenters. The normalized spacial score (nSPS) is 10.5. The molecule has 0 saturated heterocycles. The van der Waals surface area contributed by atoms with Gasteiger partial charge in [-0.1, -0.05) is 11.6 Å². The van der Waals surface area contributed by atoms with Crippen LogP contribution in [0, 0.1) is 0 Å². The third kappa shape index (κ3) is 1.80. The average Bonchev–Trinajstić information content (AvgIpc) is 2.19. The van der Waals surface area contributed by atoms with Crippen LogP contribution in [-0.4, -0.2) is 21.0 Å². The quantitative estimate of drug-likeness (QED) is 0.819. The van der Waals surface area contributed by atoms with Gasteiger partial charge in [-0.3, -0.25) is 4.98 Å². The van der Waals surface area contributed by atoms with Crippen LogP contribution in [0.2, 0.25) is 5.02 Å². The van der Waals surface area contributed by atoms with Crippen LogP contribution in [0.25, 0.3) is 11.0 Å². The second kappa shape index (κ2) is 3.75. The van der Waals surface area contributed by atoms with E-state index in [2.05, 4.69) is 25.9 Å². The van der Waals surface area contributed by atoms with E-state index in [4.69, 9.17) is 16.7 Å². The van der Waals surface area contributed by atoms with Gasteiger partial charge in [0.1, 0.15) is 10.1 Å². The van der Waals surface area contributed by atoms with Crippen molar-refractivity contribution in [1.82, 2.24) is 9.97 Å². The third-order valence-electron chi connectivity index (χ3n) is 1.85. The Morgan fingerprint density at radius 2 is 2.20 bits per heavy atom. The Morgan fingerprint density at radius 3 is 2.87 bits per heavy atom. The molecule has 0 bridgehead atoms. The Balaban J connectivity index is 2.82. The van der Waals surface area contributed by atoms with Gasteiger partial charge in [0.2, 0.25) is 0 Å². The number of nitrogens with zero attached hydrogens (tertiary/aromatic N) is 2. The molecule has 0 fully saturated rings. The van der Waals surface area contributed by atoms with Crippen molar-refractivity contribution in [1.29, 1.82) is 0 Å². The van der Waals surface area contributed by atoms with Gasteiger partial charge in [0, 0.05) is 6.20 Å². The first-order valence-corrected chi connectivity index (χ1v) is 5.11. The number of carboxylic acid groups (broad SMARTS) is 1. The number of rotatable bonds is 1. The molecule has 0 aliphatic rings. The van der Waals surface area contributed by atoms with Crippen LogP contribution in [-0.2, 0) is 0 Å². The molecule has 76 valence electrons. The fraction of sp³-hybridized carbons (Fsp3) is 0. The molecule has 0 unspecified atom stereocenters. The van der Waals surface area contributed by atoms with Crippen molar-refractivity contribution in [2.45, 2.75) is 0 Å². The minimum Gasteiger partial charge on any atom is -0.478 e. The molecule has 6 heteroatoms. The minimum absolute atomic E-state index is 0.0465. The molecular weight excluding hydrogens is 283 g/mol. The molecule has 4 nitrogen and oxygen atoms in total. The summed E-state index contributed by atoms with van der Waals surface area (Å²) < 4.78 is 0.584. The van der Waals surface area contributed by atoms with E-state index in [0.717, 1.165) is 0 Å². The number of aromatic nitrogens is 2. The van der Waals surface area contributed by atoms with Crippen LogP contribution in [0.3, 0.4) is 0 Å². The van der Waals surface area contributed by atoms with Crippen LogP contribution in [0.5, 0.6) is 0 Å².